The van der Waals surface area contributed by atoms with E-state index >= 15 is 0 Å². The lowest BCUT2D eigenvalue weighted by Crippen LogP contribution is -2.48. The molecular formula is C24H30N4O2S. The van der Waals surface area contributed by atoms with Gasteiger partial charge in [-0.25, -0.2) is 4.98 Å². The largest absolute Gasteiger partial charge is 0.497 e. The molecule has 0 saturated carbocycles. The molecule has 3 aromatic rings. The van der Waals surface area contributed by atoms with Gasteiger partial charge in [0.2, 0.25) is 0 Å². The first-order chi connectivity index (χ1) is 15.0. The molecule has 1 fully saturated rings. The number of aromatic nitrogens is 2. The van der Waals surface area contributed by atoms with Gasteiger partial charge in [0.1, 0.15) is 10.8 Å². The zero-order chi connectivity index (χ0) is 22.0. The average molecular weight is 439 g/mol. The molecule has 2 aromatic heterocycles. The molecule has 31 heavy (non-hydrogen) atoms. The summed E-state index contributed by atoms with van der Waals surface area (Å²) in [5, 5.41) is 3.16. The number of hydrogen-bond acceptors (Lipinski definition) is 5. The first-order valence-corrected chi connectivity index (χ1v) is 11.6. The summed E-state index contributed by atoms with van der Waals surface area (Å²) in [6.07, 6.45) is 0. The summed E-state index contributed by atoms with van der Waals surface area (Å²) < 4.78 is 7.43. The minimum absolute atomic E-state index is 0.155. The number of carbonyl (C=O) groups is 1. The molecule has 0 aliphatic carbocycles. The van der Waals surface area contributed by atoms with Crippen molar-refractivity contribution < 1.29 is 9.53 Å². The van der Waals surface area contributed by atoms with E-state index < -0.39 is 0 Å². The molecule has 0 unspecified atom stereocenters. The lowest BCUT2D eigenvalue weighted by molar-refractivity contribution is 0.0626. The van der Waals surface area contributed by atoms with Gasteiger partial charge < -0.3 is 14.2 Å². The second-order valence-corrected chi connectivity index (χ2v) is 8.83. The van der Waals surface area contributed by atoms with Gasteiger partial charge in [-0.15, -0.1) is 11.3 Å². The lowest BCUT2D eigenvalue weighted by atomic mass is 10.2. The van der Waals surface area contributed by atoms with E-state index in [1.165, 1.54) is 0 Å². The Kier molecular flexibility index (Phi) is 6.43. The molecule has 1 aliphatic rings. The van der Waals surface area contributed by atoms with Crippen molar-refractivity contribution in [3.05, 3.63) is 58.4 Å². The van der Waals surface area contributed by atoms with Gasteiger partial charge in [0.25, 0.3) is 5.91 Å². The molecule has 164 valence electrons. The fraction of sp³-hybridized carbons (Fsp3) is 0.417. The highest BCUT2D eigenvalue weighted by molar-refractivity contribution is 7.13. The second kappa shape index (κ2) is 9.24. The molecule has 6 nitrogen and oxygen atoms in total. The van der Waals surface area contributed by atoms with Crippen molar-refractivity contribution in [3.63, 3.8) is 0 Å². The Balaban J connectivity index is 1.34. The monoisotopic (exact) mass is 438 g/mol. The third kappa shape index (κ3) is 4.52. The van der Waals surface area contributed by atoms with Crippen LogP contribution >= 0.6 is 11.3 Å². The number of carbonyl (C=O) groups excluding carboxylic acids is 1. The number of amides is 1. The van der Waals surface area contributed by atoms with Crippen LogP contribution in [0.15, 0.2) is 35.7 Å². The molecule has 0 bridgehead atoms. The highest BCUT2D eigenvalue weighted by atomic mass is 32.1. The number of ether oxygens (including phenoxy) is 1. The molecule has 0 N–H and O–H groups in total. The van der Waals surface area contributed by atoms with Gasteiger partial charge in [-0.05, 0) is 51.1 Å². The smallest absolute Gasteiger partial charge is 0.255 e. The van der Waals surface area contributed by atoms with Crippen LogP contribution in [0.1, 0.15) is 34.4 Å². The van der Waals surface area contributed by atoms with E-state index in [1.54, 1.807) is 18.4 Å². The number of thiazole rings is 1. The summed E-state index contributed by atoms with van der Waals surface area (Å²) in [4.78, 5) is 22.2. The maximum absolute atomic E-state index is 13.0. The zero-order valence-electron chi connectivity index (χ0n) is 18.7. The number of nitrogens with zero attached hydrogens (tertiary/aromatic N) is 4. The summed E-state index contributed by atoms with van der Waals surface area (Å²) in [6, 6.07) is 10.0. The number of hydrogen-bond donors (Lipinski definition) is 0. The summed E-state index contributed by atoms with van der Waals surface area (Å²) in [6.45, 7) is 11.2. The van der Waals surface area contributed by atoms with Gasteiger partial charge in [-0.3, -0.25) is 9.69 Å². The first kappa shape index (κ1) is 21.6. The van der Waals surface area contributed by atoms with Crippen molar-refractivity contribution in [2.24, 2.45) is 0 Å². The fourth-order valence-electron chi connectivity index (χ4n) is 4.26. The Morgan fingerprint density at radius 2 is 1.84 bits per heavy atom. The molecule has 3 heterocycles. The maximum Gasteiger partial charge on any atom is 0.255 e. The van der Waals surface area contributed by atoms with Gasteiger partial charge in [0.05, 0.1) is 18.4 Å². The SMILES string of the molecule is CCn1c(C)cc(C(=O)N2CCN(Cc3csc(-c4ccc(OC)cc4)n3)CC2)c1C. The first-order valence-electron chi connectivity index (χ1n) is 10.8. The molecule has 4 rings (SSSR count). The third-order valence-corrected chi connectivity index (χ3v) is 6.99. The van der Waals surface area contributed by atoms with Crippen molar-refractivity contribution in [2.75, 3.05) is 33.3 Å². The Bertz CT molecular complexity index is 1050. The average Bonchev–Trinajstić information content (AvgIpc) is 3.37. The molecular weight excluding hydrogens is 408 g/mol. The molecule has 1 aromatic carbocycles. The summed E-state index contributed by atoms with van der Waals surface area (Å²) in [5.41, 5.74) is 5.26. The highest BCUT2D eigenvalue weighted by Gasteiger charge is 2.25. The van der Waals surface area contributed by atoms with Crippen LogP contribution in [-0.2, 0) is 13.1 Å². The Hall–Kier alpha value is -2.64. The minimum Gasteiger partial charge on any atom is -0.497 e. The van der Waals surface area contributed by atoms with Crippen LogP contribution in [0.25, 0.3) is 10.6 Å². The van der Waals surface area contributed by atoms with Crippen molar-refractivity contribution >= 4 is 17.2 Å². The standard InChI is InChI=1S/C24H30N4O2S/c1-5-28-17(2)14-22(18(28)3)24(29)27-12-10-26(11-13-27)15-20-16-31-23(25-20)19-6-8-21(30-4)9-7-19/h6-9,14,16H,5,10-13,15H2,1-4H3. The summed E-state index contributed by atoms with van der Waals surface area (Å²) >= 11 is 1.67. The molecule has 1 aliphatic heterocycles. The lowest BCUT2D eigenvalue weighted by Gasteiger charge is -2.34. The van der Waals surface area contributed by atoms with Crippen molar-refractivity contribution in [2.45, 2.75) is 33.9 Å². The zero-order valence-corrected chi connectivity index (χ0v) is 19.5. The van der Waals surface area contributed by atoms with Crippen LogP contribution in [0.2, 0.25) is 0 Å². The van der Waals surface area contributed by atoms with Crippen LogP contribution in [0.4, 0.5) is 0 Å². The Morgan fingerprint density at radius 1 is 1.13 bits per heavy atom. The van der Waals surface area contributed by atoms with E-state index in [0.29, 0.717) is 0 Å². The Labute approximate surface area is 188 Å². The normalized spacial score (nSPS) is 14.8. The topological polar surface area (TPSA) is 50.6 Å². The highest BCUT2D eigenvalue weighted by Crippen LogP contribution is 2.26. The molecule has 0 atom stereocenters. The van der Waals surface area contributed by atoms with E-state index in [4.69, 9.17) is 9.72 Å². The van der Waals surface area contributed by atoms with Crippen LogP contribution in [0, 0.1) is 13.8 Å². The third-order valence-electron chi connectivity index (χ3n) is 6.05. The number of aryl methyl sites for hydroxylation is 1. The quantitative estimate of drug-likeness (QED) is 0.578. The maximum atomic E-state index is 13.0. The molecule has 0 radical (unpaired) electrons. The van der Waals surface area contributed by atoms with E-state index in [0.717, 1.165) is 78.2 Å². The Morgan fingerprint density at radius 3 is 2.45 bits per heavy atom. The van der Waals surface area contributed by atoms with Gasteiger partial charge in [0, 0.05) is 61.6 Å². The molecule has 1 amide bonds. The molecule has 1 saturated heterocycles. The van der Waals surface area contributed by atoms with E-state index in [9.17, 15) is 4.79 Å². The van der Waals surface area contributed by atoms with E-state index in [-0.39, 0.29) is 5.91 Å². The van der Waals surface area contributed by atoms with Crippen molar-refractivity contribution in [3.8, 4) is 16.3 Å². The number of methoxy groups -OCH3 is 1. The van der Waals surface area contributed by atoms with Gasteiger partial charge in [0.15, 0.2) is 0 Å². The second-order valence-electron chi connectivity index (χ2n) is 7.97. The predicted molar refractivity (Wildman–Crippen MR) is 125 cm³/mol. The van der Waals surface area contributed by atoms with Crippen molar-refractivity contribution in [1.82, 2.24) is 19.4 Å². The van der Waals surface area contributed by atoms with Crippen molar-refractivity contribution in [1.29, 1.82) is 0 Å². The number of piperazine rings is 1. The fourth-order valence-corrected chi connectivity index (χ4v) is 5.08. The van der Waals surface area contributed by atoms with Crippen LogP contribution in [0.3, 0.4) is 0 Å². The van der Waals surface area contributed by atoms with E-state index in [1.807, 2.05) is 42.2 Å². The van der Waals surface area contributed by atoms with Crippen LogP contribution in [-0.4, -0.2) is 58.5 Å². The van der Waals surface area contributed by atoms with Crippen LogP contribution in [0.5, 0.6) is 5.75 Å². The number of benzene rings is 1. The molecule has 7 heteroatoms. The predicted octanol–water partition coefficient (Wildman–Crippen LogP) is 4.21. The summed E-state index contributed by atoms with van der Waals surface area (Å²) in [7, 11) is 1.67. The molecule has 0 spiro atoms. The minimum atomic E-state index is 0.155. The summed E-state index contributed by atoms with van der Waals surface area (Å²) in [5.74, 6) is 1.01. The van der Waals surface area contributed by atoms with E-state index in [2.05, 4.69) is 28.7 Å². The van der Waals surface area contributed by atoms with Gasteiger partial charge in [-0.2, -0.15) is 0 Å². The number of rotatable bonds is 6. The van der Waals surface area contributed by atoms with Gasteiger partial charge in [-0.1, -0.05) is 0 Å². The van der Waals surface area contributed by atoms with Crippen LogP contribution < -0.4 is 4.74 Å². The van der Waals surface area contributed by atoms with Gasteiger partial charge >= 0.3 is 0 Å².